The third-order valence-electron chi connectivity index (χ3n) is 7.36. The van der Waals surface area contributed by atoms with Gasteiger partial charge in [-0.15, -0.1) is 0 Å². The molecule has 0 spiro atoms. The predicted octanol–water partition coefficient (Wildman–Crippen LogP) is 5.37. The summed E-state index contributed by atoms with van der Waals surface area (Å²) in [6, 6.07) is 23.8. The summed E-state index contributed by atoms with van der Waals surface area (Å²) in [7, 11) is 1.65. The number of unbranched alkanes of at least 4 members (excludes halogenated alkanes) is 1. The van der Waals surface area contributed by atoms with Crippen LogP contribution in [-0.4, -0.2) is 56.4 Å². The van der Waals surface area contributed by atoms with E-state index in [2.05, 4.69) is 17.1 Å². The van der Waals surface area contributed by atoms with Gasteiger partial charge in [-0.2, -0.15) is 0 Å². The number of aryl methyl sites for hydroxylation is 3. The van der Waals surface area contributed by atoms with Gasteiger partial charge in [-0.3, -0.25) is 18.9 Å². The fraction of sp³-hybridized carbons (Fsp3) is 0.273. The van der Waals surface area contributed by atoms with Crippen molar-refractivity contribution in [3.8, 4) is 28.3 Å². The van der Waals surface area contributed by atoms with Crippen molar-refractivity contribution in [1.29, 1.82) is 0 Å². The van der Waals surface area contributed by atoms with Crippen molar-refractivity contribution >= 4 is 29.6 Å². The molecular weight excluding hydrogens is 539 g/mol. The largest absolute Gasteiger partial charge is 0.497 e. The number of nitrogens with zero attached hydrogens (tertiary/aromatic N) is 3. The summed E-state index contributed by atoms with van der Waals surface area (Å²) in [5.41, 5.74) is 6.51. The summed E-state index contributed by atoms with van der Waals surface area (Å²) in [5.74, 6) is 1.35. The van der Waals surface area contributed by atoms with Gasteiger partial charge in [-0.25, -0.2) is 9.78 Å². The van der Waals surface area contributed by atoms with Crippen LogP contribution in [0, 0.1) is 6.92 Å². The van der Waals surface area contributed by atoms with E-state index < -0.39 is 5.76 Å². The molecule has 0 bridgehead atoms. The second-order valence-electron chi connectivity index (χ2n) is 10.1. The van der Waals surface area contributed by atoms with Gasteiger partial charge in [0, 0.05) is 53.6 Å². The molecule has 0 atom stereocenters. The summed E-state index contributed by atoms with van der Waals surface area (Å²) >= 11 is 0. The van der Waals surface area contributed by atoms with Crippen LogP contribution >= 0.6 is 0 Å². The summed E-state index contributed by atoms with van der Waals surface area (Å²) < 4.78 is 11.8. The molecular formula is C33H34N4NaO4. The Labute approximate surface area is 267 Å². The first-order valence-electron chi connectivity index (χ1n) is 13.9. The summed E-state index contributed by atoms with van der Waals surface area (Å²) in [5, 5.41) is 3.85. The maximum atomic E-state index is 13.8. The van der Waals surface area contributed by atoms with Crippen molar-refractivity contribution < 1.29 is 9.26 Å². The molecule has 5 aromatic rings. The average Bonchev–Trinajstić information content (AvgIpc) is 3.44. The number of benzene rings is 3. The standard InChI is InChI=1S/C33H34N4O4.Na/c1-4-5-10-30-29(32(38)37(22(2)34-30)20-19-23-13-17-26(40-3)18-14-23)21-24-11-15-25(16-12-24)27-8-6-7-9-28(27)31-35-33(39)41-36-31;/h6-9,11-18H,4-5,10,19-21H2,1-3H3,(H,35,36,39);. The van der Waals surface area contributed by atoms with Gasteiger partial charge >= 0.3 is 5.76 Å². The number of methoxy groups -OCH3 is 1. The molecule has 211 valence electrons. The van der Waals surface area contributed by atoms with E-state index in [1.54, 1.807) is 11.7 Å². The molecule has 1 radical (unpaired) electrons. The van der Waals surface area contributed by atoms with E-state index in [9.17, 15) is 9.59 Å². The average molecular weight is 574 g/mol. The van der Waals surface area contributed by atoms with Crippen LogP contribution in [0.2, 0.25) is 0 Å². The monoisotopic (exact) mass is 573 g/mol. The molecule has 2 aromatic heterocycles. The van der Waals surface area contributed by atoms with E-state index in [-0.39, 0.29) is 35.1 Å². The molecule has 8 nitrogen and oxygen atoms in total. The van der Waals surface area contributed by atoms with Crippen LogP contribution in [0.3, 0.4) is 0 Å². The Balaban J connectivity index is 0.00000405. The van der Waals surface area contributed by atoms with Crippen LogP contribution in [0.25, 0.3) is 22.5 Å². The van der Waals surface area contributed by atoms with Gasteiger partial charge in [0.05, 0.1) is 12.8 Å². The maximum Gasteiger partial charge on any atom is 0.439 e. The summed E-state index contributed by atoms with van der Waals surface area (Å²) in [6.45, 7) is 4.63. The molecule has 0 saturated heterocycles. The van der Waals surface area contributed by atoms with Gasteiger partial charge in [0.25, 0.3) is 5.56 Å². The molecule has 2 heterocycles. The number of aromatic nitrogens is 4. The van der Waals surface area contributed by atoms with Crippen LogP contribution in [-0.2, 0) is 25.8 Å². The number of hydrogen-bond acceptors (Lipinski definition) is 6. The van der Waals surface area contributed by atoms with E-state index in [0.717, 1.165) is 76.3 Å². The van der Waals surface area contributed by atoms with Crippen LogP contribution in [0.15, 0.2) is 86.9 Å². The number of hydrogen-bond donors (Lipinski definition) is 1. The molecule has 0 amide bonds. The quantitative estimate of drug-likeness (QED) is 0.213. The number of nitrogens with one attached hydrogen (secondary N) is 1. The molecule has 5 rings (SSSR count). The minimum Gasteiger partial charge on any atom is -0.497 e. The topological polar surface area (TPSA) is 103 Å². The maximum absolute atomic E-state index is 13.8. The zero-order chi connectivity index (χ0) is 28.8. The van der Waals surface area contributed by atoms with Gasteiger partial charge in [0.2, 0.25) is 0 Å². The van der Waals surface area contributed by atoms with Crippen LogP contribution in [0.5, 0.6) is 5.75 Å². The van der Waals surface area contributed by atoms with E-state index in [1.165, 1.54) is 0 Å². The number of ether oxygens (including phenoxy) is 1. The number of H-pyrrole nitrogens is 1. The molecule has 0 aliphatic heterocycles. The number of aromatic amines is 1. The summed E-state index contributed by atoms with van der Waals surface area (Å²) in [4.78, 5) is 32.9. The Kier molecular flexibility index (Phi) is 10.7. The fourth-order valence-corrected chi connectivity index (χ4v) is 5.08. The van der Waals surface area contributed by atoms with Crippen LogP contribution in [0.1, 0.15) is 48.0 Å². The zero-order valence-corrected chi connectivity index (χ0v) is 26.6. The minimum atomic E-state index is -0.592. The molecule has 0 unspecified atom stereocenters. The van der Waals surface area contributed by atoms with Gasteiger partial charge in [0.15, 0.2) is 5.82 Å². The minimum absolute atomic E-state index is 0. The molecule has 1 N–H and O–H groups in total. The van der Waals surface area contributed by atoms with Crippen LogP contribution < -0.4 is 16.1 Å². The van der Waals surface area contributed by atoms with Gasteiger partial charge < -0.3 is 4.74 Å². The zero-order valence-electron chi connectivity index (χ0n) is 24.6. The molecule has 0 aliphatic carbocycles. The third kappa shape index (κ3) is 7.18. The second-order valence-corrected chi connectivity index (χ2v) is 10.1. The Morgan fingerprint density at radius 1 is 0.905 bits per heavy atom. The van der Waals surface area contributed by atoms with Crippen molar-refractivity contribution in [2.75, 3.05) is 7.11 Å². The Morgan fingerprint density at radius 3 is 2.24 bits per heavy atom. The van der Waals surface area contributed by atoms with Crippen molar-refractivity contribution in [1.82, 2.24) is 19.7 Å². The van der Waals surface area contributed by atoms with E-state index in [0.29, 0.717) is 18.8 Å². The third-order valence-corrected chi connectivity index (χ3v) is 7.36. The SMILES string of the molecule is CCCCc1nc(C)n(CCc2ccc(OC)cc2)c(=O)c1Cc1ccc(-c2ccccc2-c2noc(=O)[nH]2)cc1.[Na]. The first kappa shape index (κ1) is 31.2. The van der Waals surface area contributed by atoms with E-state index in [4.69, 9.17) is 14.2 Å². The van der Waals surface area contributed by atoms with Gasteiger partial charge in [-0.05, 0) is 60.6 Å². The van der Waals surface area contributed by atoms with E-state index in [1.807, 2.05) is 79.7 Å². The Hall–Kier alpha value is -3.72. The first-order valence-corrected chi connectivity index (χ1v) is 13.9. The fourth-order valence-electron chi connectivity index (χ4n) is 5.08. The smallest absolute Gasteiger partial charge is 0.439 e. The Bertz CT molecular complexity index is 1740. The molecule has 42 heavy (non-hydrogen) atoms. The summed E-state index contributed by atoms with van der Waals surface area (Å²) in [6.07, 6.45) is 4.03. The molecule has 3 aromatic carbocycles. The van der Waals surface area contributed by atoms with Gasteiger partial charge in [0.1, 0.15) is 11.6 Å². The number of rotatable bonds is 11. The van der Waals surface area contributed by atoms with Crippen molar-refractivity contribution in [2.24, 2.45) is 0 Å². The predicted molar refractivity (Wildman–Crippen MR) is 165 cm³/mol. The molecule has 9 heteroatoms. The molecule has 0 saturated carbocycles. The first-order chi connectivity index (χ1) is 20.0. The van der Waals surface area contributed by atoms with Crippen molar-refractivity contribution in [3.63, 3.8) is 0 Å². The van der Waals surface area contributed by atoms with Crippen molar-refractivity contribution in [2.45, 2.75) is 52.5 Å². The van der Waals surface area contributed by atoms with E-state index >= 15 is 0 Å². The molecule has 0 fully saturated rings. The Morgan fingerprint density at radius 2 is 1.60 bits per heavy atom. The molecule has 0 aliphatic rings. The van der Waals surface area contributed by atoms with Crippen LogP contribution in [0.4, 0.5) is 0 Å². The second kappa shape index (κ2) is 14.4. The van der Waals surface area contributed by atoms with Crippen molar-refractivity contribution in [3.05, 3.63) is 122 Å². The van der Waals surface area contributed by atoms with Gasteiger partial charge in [-0.1, -0.05) is 79.2 Å². The normalized spacial score (nSPS) is 10.8.